The predicted octanol–water partition coefficient (Wildman–Crippen LogP) is -1.13. The van der Waals surface area contributed by atoms with Gasteiger partial charge < -0.3 is 15.9 Å². The lowest BCUT2D eigenvalue weighted by molar-refractivity contribution is -0.144. The number of carboxylic acids is 2. The molecule has 0 saturated carbocycles. The zero-order valence-corrected chi connectivity index (χ0v) is 4.57. The maximum absolute atomic E-state index is 9.85. The van der Waals surface area contributed by atoms with Crippen molar-refractivity contribution in [3.05, 3.63) is 0 Å². The summed E-state index contributed by atoms with van der Waals surface area (Å²) in [7, 11) is 0. The summed E-state index contributed by atoms with van der Waals surface area (Å²) < 4.78 is 0. The topological polar surface area (TPSA) is 101 Å². The molecule has 0 aliphatic rings. The number of carboxylic acid groups (broad SMARTS) is 2. The summed E-state index contributed by atoms with van der Waals surface area (Å²) in [5, 5.41) is 16.0. The fourth-order valence-electron chi connectivity index (χ4n) is 0.275. The highest BCUT2D eigenvalue weighted by Crippen LogP contribution is 1.86. The van der Waals surface area contributed by atoms with Crippen molar-refractivity contribution in [2.24, 2.45) is 5.73 Å². The van der Waals surface area contributed by atoms with Gasteiger partial charge in [-0.3, -0.25) is 9.59 Å². The monoisotopic (exact) mass is 135 g/mol. The Balaban J connectivity index is 3.63. The molecule has 52 valence electrons. The van der Waals surface area contributed by atoms with Crippen molar-refractivity contribution in [2.75, 3.05) is 0 Å². The third-order valence-corrected chi connectivity index (χ3v) is 0.712. The van der Waals surface area contributed by atoms with E-state index in [9.17, 15) is 9.59 Å². The van der Waals surface area contributed by atoms with Gasteiger partial charge in [0.2, 0.25) is 0 Å². The van der Waals surface area contributed by atoms with Crippen molar-refractivity contribution >= 4 is 11.9 Å². The molecule has 4 N–H and O–H groups in total. The predicted molar refractivity (Wildman–Crippen MR) is 27.9 cm³/mol. The average Bonchev–Trinajstić information content (AvgIpc) is 1.63. The maximum atomic E-state index is 9.85. The average molecular weight is 135 g/mol. The van der Waals surface area contributed by atoms with Crippen LogP contribution in [0.1, 0.15) is 6.42 Å². The van der Waals surface area contributed by atoms with E-state index in [1.165, 1.54) is 0 Å². The van der Waals surface area contributed by atoms with E-state index < -0.39 is 24.4 Å². The van der Waals surface area contributed by atoms with E-state index in [0.29, 0.717) is 0 Å². The van der Waals surface area contributed by atoms with E-state index in [-0.39, 0.29) is 0 Å². The smallest absolute Gasteiger partial charge is 0.321 e. The van der Waals surface area contributed by atoms with E-state index in [1.54, 1.807) is 0 Å². The van der Waals surface area contributed by atoms with Crippen LogP contribution < -0.4 is 5.73 Å². The molecule has 0 aromatic heterocycles. The van der Waals surface area contributed by atoms with Crippen LogP contribution in [0.15, 0.2) is 0 Å². The van der Waals surface area contributed by atoms with Gasteiger partial charge in [-0.05, 0) is 0 Å². The molecule has 0 heterocycles. The van der Waals surface area contributed by atoms with Crippen LogP contribution in [0.3, 0.4) is 0 Å². The Labute approximate surface area is 51.1 Å². The van der Waals surface area contributed by atoms with Gasteiger partial charge in [-0.1, -0.05) is 0 Å². The molecule has 0 radical (unpaired) electrons. The van der Waals surface area contributed by atoms with E-state index in [1.807, 2.05) is 0 Å². The molecule has 0 spiro atoms. The summed E-state index contributed by atoms with van der Waals surface area (Å²) in [5.41, 5.74) is 4.84. The Morgan fingerprint density at radius 1 is 1.44 bits per heavy atom. The summed E-state index contributed by atoms with van der Waals surface area (Å²) in [6.07, 6.45) is -0.532. The van der Waals surface area contributed by atoms with Crippen LogP contribution >= 0.6 is 0 Å². The first-order valence-corrected chi connectivity index (χ1v) is 2.24. The number of rotatable bonds is 3. The van der Waals surface area contributed by atoms with E-state index in [2.05, 4.69) is 0 Å². The van der Waals surface area contributed by atoms with Gasteiger partial charge in [-0.15, -0.1) is 0 Å². The minimum absolute atomic E-state index is 0.532. The van der Waals surface area contributed by atoms with Crippen LogP contribution in [0.5, 0.6) is 0 Å². The molecule has 5 heteroatoms. The minimum atomic E-state index is -1.29. The molecule has 0 rings (SSSR count). The third kappa shape index (κ3) is 3.48. The molecule has 0 fully saturated rings. The Bertz CT molecular complexity index is 133. The molecular weight excluding hydrogens is 128 g/mol. The summed E-state index contributed by atoms with van der Waals surface area (Å²) in [6.45, 7) is 0. The van der Waals surface area contributed by atoms with Crippen LogP contribution in [-0.4, -0.2) is 28.2 Å². The summed E-state index contributed by atoms with van der Waals surface area (Å²) in [5.74, 6) is -2.50. The standard InChI is InChI=1S/C4H7NO4/c5-2(4(8)9)1-3(6)7/h2H,1,5H2,(H,6,7)(H,8,9)/t2-/m1/s1/i2+2. The highest BCUT2D eigenvalue weighted by atomic mass is 16.4. The lowest BCUT2D eigenvalue weighted by Crippen LogP contribution is -2.32. The first-order valence-electron chi connectivity index (χ1n) is 2.24. The lowest BCUT2D eigenvalue weighted by atomic mass is 10.6. The van der Waals surface area contributed by atoms with Gasteiger partial charge >= 0.3 is 11.9 Å². The second-order valence-electron chi connectivity index (χ2n) is 1.54. The first kappa shape index (κ1) is 7.90. The Morgan fingerprint density at radius 2 is 1.89 bits per heavy atom. The van der Waals surface area contributed by atoms with E-state index in [0.717, 1.165) is 0 Å². The van der Waals surface area contributed by atoms with E-state index in [4.69, 9.17) is 15.9 Å². The summed E-state index contributed by atoms with van der Waals surface area (Å²) in [6, 6.07) is -1.29. The number of hydrogen-bond acceptors (Lipinski definition) is 3. The fourth-order valence-corrected chi connectivity index (χ4v) is 0.275. The maximum Gasteiger partial charge on any atom is 0.321 e. The molecule has 0 aromatic rings. The Hall–Kier alpha value is -1.10. The van der Waals surface area contributed by atoms with Gasteiger partial charge in [0, 0.05) is 0 Å². The molecule has 5 nitrogen and oxygen atoms in total. The molecule has 0 bridgehead atoms. The van der Waals surface area contributed by atoms with Crippen molar-refractivity contribution in [1.29, 1.82) is 0 Å². The van der Waals surface area contributed by atoms with Gasteiger partial charge in [0.1, 0.15) is 6.04 Å². The molecule has 9 heavy (non-hydrogen) atoms. The molecule has 0 aliphatic heterocycles. The molecule has 1 atom stereocenters. The summed E-state index contributed by atoms with van der Waals surface area (Å²) >= 11 is 0. The fraction of sp³-hybridized carbons (Fsp3) is 0.500. The third-order valence-electron chi connectivity index (χ3n) is 0.712. The highest BCUT2D eigenvalue weighted by molar-refractivity contribution is 5.80. The van der Waals surface area contributed by atoms with Gasteiger partial charge in [0.15, 0.2) is 0 Å². The molecular formula is C4H7NO4. The van der Waals surface area contributed by atoms with Gasteiger partial charge in [0.05, 0.1) is 6.42 Å². The minimum Gasteiger partial charge on any atom is -0.481 e. The van der Waals surface area contributed by atoms with Gasteiger partial charge in [-0.25, -0.2) is 0 Å². The quantitative estimate of drug-likeness (QED) is 0.454. The number of nitrogens with two attached hydrogens (primary N) is 1. The second-order valence-corrected chi connectivity index (χ2v) is 1.54. The number of hydrogen-bond donors (Lipinski definition) is 3. The highest BCUT2D eigenvalue weighted by Gasteiger charge is 2.14. The van der Waals surface area contributed by atoms with E-state index >= 15 is 0 Å². The second kappa shape index (κ2) is 3.03. The van der Waals surface area contributed by atoms with Crippen LogP contribution in [0, 0.1) is 0 Å². The lowest BCUT2D eigenvalue weighted by Gasteiger charge is -1.99. The van der Waals surface area contributed by atoms with Crippen molar-refractivity contribution < 1.29 is 19.8 Å². The Kier molecular flexibility index (Phi) is 2.66. The van der Waals surface area contributed by atoms with Gasteiger partial charge in [0.25, 0.3) is 0 Å². The van der Waals surface area contributed by atoms with Crippen molar-refractivity contribution in [3.63, 3.8) is 0 Å². The molecule has 0 saturated heterocycles. The largest absolute Gasteiger partial charge is 0.481 e. The van der Waals surface area contributed by atoms with Crippen LogP contribution in [0.25, 0.3) is 0 Å². The molecule has 0 unspecified atom stereocenters. The normalized spacial score (nSPS) is 12.6. The first-order chi connectivity index (χ1) is 4.04. The van der Waals surface area contributed by atoms with Crippen LogP contribution in [-0.2, 0) is 9.59 Å². The number of carbonyl (C=O) groups is 2. The zero-order chi connectivity index (χ0) is 7.44. The van der Waals surface area contributed by atoms with Crippen molar-refractivity contribution in [1.82, 2.24) is 0 Å². The summed E-state index contributed by atoms with van der Waals surface area (Å²) in [4.78, 5) is 19.6. The van der Waals surface area contributed by atoms with Crippen LogP contribution in [0.2, 0.25) is 0 Å². The number of aliphatic carboxylic acids is 2. The van der Waals surface area contributed by atoms with Crippen LogP contribution in [0.4, 0.5) is 0 Å². The molecule has 0 aromatic carbocycles. The zero-order valence-electron chi connectivity index (χ0n) is 4.57. The Morgan fingerprint density at radius 3 is 2.00 bits per heavy atom. The van der Waals surface area contributed by atoms with Crippen molar-refractivity contribution in [3.8, 4) is 0 Å². The van der Waals surface area contributed by atoms with Gasteiger partial charge in [-0.2, -0.15) is 0 Å². The van der Waals surface area contributed by atoms with Crippen molar-refractivity contribution in [2.45, 2.75) is 12.5 Å². The SMILES string of the molecule is N[14C@H](CC(=O)O)C(=O)O. The molecule has 0 aliphatic carbocycles. The molecule has 0 amide bonds.